The van der Waals surface area contributed by atoms with Gasteiger partial charge in [0.05, 0.1) is 6.10 Å². The van der Waals surface area contributed by atoms with Crippen molar-refractivity contribution in [1.82, 2.24) is 9.88 Å². The molecule has 2 heterocycles. The van der Waals surface area contributed by atoms with Crippen LogP contribution in [0.5, 0.6) is 0 Å². The lowest BCUT2D eigenvalue weighted by Gasteiger charge is -2.32. The molecule has 0 saturated carbocycles. The molecule has 1 aliphatic heterocycles. The second-order valence-corrected chi connectivity index (χ2v) is 5.41. The van der Waals surface area contributed by atoms with Crippen LogP contribution < -0.4 is 5.73 Å². The van der Waals surface area contributed by atoms with Gasteiger partial charge < -0.3 is 10.5 Å². The molecule has 0 radical (unpaired) electrons. The second-order valence-electron chi connectivity index (χ2n) is 5.41. The van der Waals surface area contributed by atoms with Crippen LogP contribution in [0.25, 0.3) is 0 Å². The highest BCUT2D eigenvalue weighted by molar-refractivity contribution is 5.17. The van der Waals surface area contributed by atoms with Crippen LogP contribution in [-0.4, -0.2) is 42.7 Å². The van der Waals surface area contributed by atoms with E-state index in [0.29, 0.717) is 12.6 Å². The number of aryl methyl sites for hydroxylation is 1. The fourth-order valence-corrected chi connectivity index (χ4v) is 2.65. The third-order valence-electron chi connectivity index (χ3n) is 3.84. The van der Waals surface area contributed by atoms with E-state index < -0.39 is 0 Å². The smallest absolute Gasteiger partial charge is 0.0702 e. The monoisotopic (exact) mass is 263 g/mol. The van der Waals surface area contributed by atoms with Gasteiger partial charge in [-0.1, -0.05) is 6.07 Å². The summed E-state index contributed by atoms with van der Waals surface area (Å²) in [5.74, 6) is 0. The summed E-state index contributed by atoms with van der Waals surface area (Å²) in [6, 6.07) is 4.39. The molecule has 0 aliphatic carbocycles. The van der Waals surface area contributed by atoms with E-state index in [-0.39, 0.29) is 6.04 Å². The maximum absolute atomic E-state index is 5.94. The molecule has 4 nitrogen and oxygen atoms in total. The summed E-state index contributed by atoms with van der Waals surface area (Å²) in [5, 5.41) is 0. The van der Waals surface area contributed by atoms with Crippen molar-refractivity contribution in [1.29, 1.82) is 0 Å². The molecule has 0 spiro atoms. The van der Waals surface area contributed by atoms with Crippen LogP contribution in [0.2, 0.25) is 0 Å². The Bertz CT molecular complexity index is 373. The Labute approximate surface area is 116 Å². The topological polar surface area (TPSA) is 51.4 Å². The van der Waals surface area contributed by atoms with Crippen molar-refractivity contribution < 1.29 is 4.74 Å². The maximum atomic E-state index is 5.94. The van der Waals surface area contributed by atoms with E-state index in [0.717, 1.165) is 25.3 Å². The third kappa shape index (κ3) is 4.00. The molecule has 1 aromatic rings. The molecule has 106 valence electrons. The number of rotatable bonds is 5. The zero-order chi connectivity index (χ0) is 13.7. The lowest BCUT2D eigenvalue weighted by molar-refractivity contribution is -0.00779. The second kappa shape index (κ2) is 6.98. The average molecular weight is 263 g/mol. The number of nitrogens with two attached hydrogens (primary N) is 1. The molecule has 2 rings (SSSR count). The lowest BCUT2D eigenvalue weighted by Crippen LogP contribution is -2.38. The lowest BCUT2D eigenvalue weighted by atomic mass is 10.0. The number of ether oxygens (including phenoxy) is 1. The zero-order valence-electron chi connectivity index (χ0n) is 12.0. The van der Waals surface area contributed by atoms with Crippen molar-refractivity contribution >= 4 is 0 Å². The van der Waals surface area contributed by atoms with E-state index in [1.807, 2.05) is 19.2 Å². The van der Waals surface area contributed by atoms with Crippen molar-refractivity contribution in [3.05, 3.63) is 29.6 Å². The van der Waals surface area contributed by atoms with E-state index in [1.54, 1.807) is 0 Å². The van der Waals surface area contributed by atoms with Crippen LogP contribution in [0.3, 0.4) is 0 Å². The SMILES string of the molecule is Cc1ccc(C(CN)N(C)CC2CCCCO2)cn1. The van der Waals surface area contributed by atoms with Crippen LogP contribution in [-0.2, 0) is 4.74 Å². The normalized spacial score (nSPS) is 21.6. The van der Waals surface area contributed by atoms with Gasteiger partial charge in [-0.2, -0.15) is 0 Å². The maximum Gasteiger partial charge on any atom is 0.0702 e. The largest absolute Gasteiger partial charge is 0.377 e. The third-order valence-corrected chi connectivity index (χ3v) is 3.84. The molecule has 1 fully saturated rings. The van der Waals surface area contributed by atoms with Crippen LogP contribution in [0.4, 0.5) is 0 Å². The van der Waals surface area contributed by atoms with Crippen molar-refractivity contribution in [3.63, 3.8) is 0 Å². The first kappa shape index (κ1) is 14.4. The van der Waals surface area contributed by atoms with Gasteiger partial charge in [-0.25, -0.2) is 0 Å². The Morgan fingerprint density at radius 3 is 2.89 bits per heavy atom. The summed E-state index contributed by atoms with van der Waals surface area (Å²) in [4.78, 5) is 6.66. The number of pyridine rings is 1. The molecule has 1 aromatic heterocycles. The minimum atomic E-state index is 0.221. The van der Waals surface area contributed by atoms with Gasteiger partial charge in [0, 0.05) is 37.6 Å². The highest BCUT2D eigenvalue weighted by Gasteiger charge is 2.21. The van der Waals surface area contributed by atoms with E-state index in [1.165, 1.54) is 18.4 Å². The Morgan fingerprint density at radius 1 is 1.47 bits per heavy atom. The van der Waals surface area contributed by atoms with Gasteiger partial charge in [0.1, 0.15) is 0 Å². The van der Waals surface area contributed by atoms with Crippen LogP contribution in [0.15, 0.2) is 18.3 Å². The van der Waals surface area contributed by atoms with E-state index in [2.05, 4.69) is 23.0 Å². The number of aromatic nitrogens is 1. The van der Waals surface area contributed by atoms with Crippen molar-refractivity contribution in [3.8, 4) is 0 Å². The predicted molar refractivity (Wildman–Crippen MR) is 77.0 cm³/mol. The first-order valence-corrected chi connectivity index (χ1v) is 7.15. The van der Waals surface area contributed by atoms with Crippen LogP contribution in [0, 0.1) is 6.92 Å². The number of likely N-dealkylation sites (N-methyl/N-ethyl adjacent to an activating group) is 1. The predicted octanol–water partition coefficient (Wildman–Crippen LogP) is 1.89. The van der Waals surface area contributed by atoms with E-state index in [4.69, 9.17) is 10.5 Å². The molecule has 0 bridgehead atoms. The molecule has 4 heteroatoms. The first-order valence-electron chi connectivity index (χ1n) is 7.15. The molecule has 2 unspecified atom stereocenters. The minimum Gasteiger partial charge on any atom is -0.377 e. The number of hydrogen-bond donors (Lipinski definition) is 1. The van der Waals surface area contributed by atoms with Crippen LogP contribution in [0.1, 0.15) is 36.6 Å². The summed E-state index contributed by atoms with van der Waals surface area (Å²) in [7, 11) is 2.12. The van der Waals surface area contributed by atoms with E-state index in [9.17, 15) is 0 Å². The quantitative estimate of drug-likeness (QED) is 0.881. The molecule has 0 aromatic carbocycles. The summed E-state index contributed by atoms with van der Waals surface area (Å²) >= 11 is 0. The van der Waals surface area contributed by atoms with Gasteiger partial charge in [0.2, 0.25) is 0 Å². The molecule has 2 atom stereocenters. The van der Waals surface area contributed by atoms with Gasteiger partial charge in [-0.3, -0.25) is 9.88 Å². The zero-order valence-corrected chi connectivity index (χ0v) is 12.0. The summed E-state index contributed by atoms with van der Waals surface area (Å²) in [6.45, 7) is 4.45. The number of hydrogen-bond acceptors (Lipinski definition) is 4. The Morgan fingerprint density at radius 2 is 2.32 bits per heavy atom. The Hall–Kier alpha value is -0.970. The molecule has 0 amide bonds. The van der Waals surface area contributed by atoms with Gasteiger partial charge in [-0.05, 0) is 44.9 Å². The molecule has 1 saturated heterocycles. The fraction of sp³-hybridized carbons (Fsp3) is 0.667. The van der Waals surface area contributed by atoms with Crippen LogP contribution >= 0.6 is 0 Å². The summed E-state index contributed by atoms with van der Waals surface area (Å²) in [6.07, 6.45) is 5.92. The Balaban J connectivity index is 1.97. The van der Waals surface area contributed by atoms with Gasteiger partial charge >= 0.3 is 0 Å². The average Bonchev–Trinajstić information content (AvgIpc) is 2.43. The van der Waals surface area contributed by atoms with Crippen molar-refractivity contribution in [2.75, 3.05) is 26.7 Å². The highest BCUT2D eigenvalue weighted by Crippen LogP contribution is 2.21. The Kier molecular flexibility index (Phi) is 5.31. The molecular formula is C15H25N3O. The summed E-state index contributed by atoms with van der Waals surface area (Å²) < 4.78 is 5.80. The molecular weight excluding hydrogens is 238 g/mol. The standard InChI is InChI=1S/C15H25N3O/c1-12-6-7-13(10-17-12)15(9-16)18(2)11-14-5-3-4-8-19-14/h6-7,10,14-15H,3-5,8-9,11,16H2,1-2H3. The highest BCUT2D eigenvalue weighted by atomic mass is 16.5. The van der Waals surface area contributed by atoms with Crippen molar-refractivity contribution in [2.24, 2.45) is 5.73 Å². The fourth-order valence-electron chi connectivity index (χ4n) is 2.65. The van der Waals surface area contributed by atoms with Gasteiger partial charge in [0.25, 0.3) is 0 Å². The molecule has 2 N–H and O–H groups in total. The first-order chi connectivity index (χ1) is 9.20. The van der Waals surface area contributed by atoms with Crippen molar-refractivity contribution in [2.45, 2.75) is 38.3 Å². The van der Waals surface area contributed by atoms with Gasteiger partial charge in [0.15, 0.2) is 0 Å². The summed E-state index contributed by atoms with van der Waals surface area (Å²) in [5.41, 5.74) is 8.16. The van der Waals surface area contributed by atoms with E-state index >= 15 is 0 Å². The minimum absolute atomic E-state index is 0.221. The molecule has 19 heavy (non-hydrogen) atoms. The number of nitrogens with zero attached hydrogens (tertiary/aromatic N) is 2. The van der Waals surface area contributed by atoms with Gasteiger partial charge in [-0.15, -0.1) is 0 Å². The molecule has 1 aliphatic rings.